The van der Waals surface area contributed by atoms with Crippen molar-refractivity contribution in [3.8, 4) is 5.75 Å². The minimum absolute atomic E-state index is 0.237. The summed E-state index contributed by atoms with van der Waals surface area (Å²) >= 11 is 0. The van der Waals surface area contributed by atoms with Crippen molar-refractivity contribution < 1.29 is 14.6 Å². The molecule has 33 heavy (non-hydrogen) atoms. The van der Waals surface area contributed by atoms with Gasteiger partial charge in [-0.05, 0) is 56.7 Å². The van der Waals surface area contributed by atoms with Crippen LogP contribution in [0.3, 0.4) is 0 Å². The van der Waals surface area contributed by atoms with Gasteiger partial charge in [-0.3, -0.25) is 9.78 Å². The normalized spacial score (nSPS) is 16.2. The Kier molecular flexibility index (Phi) is 5.23. The van der Waals surface area contributed by atoms with E-state index >= 15 is 0 Å². The number of carboxylic acid groups (broad SMARTS) is 1. The number of nitrogens with two attached hydrogens (primary N) is 1. The molecule has 172 valence electrons. The number of carboxylic acids is 1. The molecule has 5 rings (SSSR count). The van der Waals surface area contributed by atoms with E-state index in [1.54, 1.807) is 6.20 Å². The Bertz CT molecular complexity index is 1300. The third-order valence-electron chi connectivity index (χ3n) is 7.18. The van der Waals surface area contributed by atoms with Gasteiger partial charge in [0.25, 0.3) is 0 Å². The molecule has 4 N–H and O–H groups in total. The first-order valence-electron chi connectivity index (χ1n) is 11.4. The minimum atomic E-state index is -1.24. The lowest BCUT2D eigenvalue weighted by Crippen LogP contribution is -2.42. The summed E-state index contributed by atoms with van der Waals surface area (Å²) in [4.78, 5) is 29.4. The predicted molar refractivity (Wildman–Crippen MR) is 127 cm³/mol. The average molecular weight is 449 g/mol. The number of nitrogens with zero attached hydrogens (tertiary/aromatic N) is 2. The number of hydrogen-bond donors (Lipinski definition) is 3. The fourth-order valence-electron chi connectivity index (χ4n) is 5.15. The van der Waals surface area contributed by atoms with Crippen LogP contribution < -0.4 is 21.2 Å². The van der Waals surface area contributed by atoms with Gasteiger partial charge in [0.05, 0.1) is 28.9 Å². The Morgan fingerprint density at radius 2 is 2.15 bits per heavy atom. The predicted octanol–water partition coefficient (Wildman–Crippen LogP) is 3.69. The van der Waals surface area contributed by atoms with E-state index in [0.29, 0.717) is 35.7 Å². The molecule has 1 aromatic carbocycles. The van der Waals surface area contributed by atoms with Crippen LogP contribution >= 0.6 is 0 Å². The molecule has 1 aliphatic heterocycles. The largest absolute Gasteiger partial charge is 0.489 e. The highest BCUT2D eigenvalue weighted by molar-refractivity contribution is 6.04. The Labute approximate surface area is 191 Å². The number of aromatic nitrogens is 2. The Hall–Kier alpha value is -3.55. The van der Waals surface area contributed by atoms with Gasteiger partial charge in [-0.1, -0.05) is 6.07 Å². The van der Waals surface area contributed by atoms with Crippen LogP contribution in [0.4, 0.5) is 11.4 Å². The van der Waals surface area contributed by atoms with Crippen LogP contribution in [0, 0.1) is 6.92 Å². The number of benzene rings is 1. The SMILES string of the molecule is Cc1c(NCCCc2ccccn2)c2c3c(c1N)c(=O)c(C(=O)O)cn3C1(CCC1)CCO2. The van der Waals surface area contributed by atoms with Gasteiger partial charge in [0.15, 0.2) is 5.75 Å². The van der Waals surface area contributed by atoms with Crippen molar-refractivity contribution in [3.05, 3.63) is 57.6 Å². The summed E-state index contributed by atoms with van der Waals surface area (Å²) < 4.78 is 8.23. The number of nitrogen functional groups attached to an aromatic ring is 1. The second-order valence-electron chi connectivity index (χ2n) is 9.04. The van der Waals surface area contributed by atoms with Gasteiger partial charge in [0.1, 0.15) is 5.56 Å². The minimum Gasteiger partial charge on any atom is -0.489 e. The average Bonchev–Trinajstić information content (AvgIpc) is 2.95. The van der Waals surface area contributed by atoms with Crippen LogP contribution in [0.25, 0.3) is 10.9 Å². The number of carbonyl (C=O) groups is 1. The monoisotopic (exact) mass is 448 g/mol. The summed E-state index contributed by atoms with van der Waals surface area (Å²) in [6, 6.07) is 5.89. The maximum atomic E-state index is 13.2. The highest BCUT2D eigenvalue weighted by atomic mass is 16.5. The molecule has 3 aromatic rings. The summed E-state index contributed by atoms with van der Waals surface area (Å²) in [6.07, 6.45) is 8.66. The molecule has 1 saturated carbocycles. The van der Waals surface area contributed by atoms with Crippen molar-refractivity contribution in [3.63, 3.8) is 0 Å². The second-order valence-corrected chi connectivity index (χ2v) is 9.04. The second kappa shape index (κ2) is 8.10. The van der Waals surface area contributed by atoms with Gasteiger partial charge >= 0.3 is 5.97 Å². The van der Waals surface area contributed by atoms with Gasteiger partial charge < -0.3 is 25.5 Å². The zero-order valence-corrected chi connectivity index (χ0v) is 18.7. The van der Waals surface area contributed by atoms with Crippen LogP contribution in [0.15, 0.2) is 35.4 Å². The molecule has 8 heteroatoms. The molecule has 0 saturated heterocycles. The quantitative estimate of drug-likeness (QED) is 0.389. The number of hydrogen-bond acceptors (Lipinski definition) is 6. The molecule has 0 atom stereocenters. The zero-order valence-electron chi connectivity index (χ0n) is 18.7. The Balaban J connectivity index is 1.61. The van der Waals surface area contributed by atoms with E-state index in [2.05, 4.69) is 10.3 Å². The van der Waals surface area contributed by atoms with Crippen molar-refractivity contribution in [1.82, 2.24) is 9.55 Å². The van der Waals surface area contributed by atoms with Gasteiger partial charge in [-0.2, -0.15) is 0 Å². The van der Waals surface area contributed by atoms with Gasteiger partial charge in [-0.25, -0.2) is 4.79 Å². The number of rotatable bonds is 6. The van der Waals surface area contributed by atoms with Crippen LogP contribution in [0.1, 0.15) is 53.7 Å². The van der Waals surface area contributed by atoms with Gasteiger partial charge in [0, 0.05) is 36.6 Å². The lowest BCUT2D eigenvalue weighted by molar-refractivity contribution is 0.0691. The third kappa shape index (κ3) is 3.41. The van der Waals surface area contributed by atoms with E-state index in [1.807, 2.05) is 29.7 Å². The Morgan fingerprint density at radius 1 is 1.33 bits per heavy atom. The van der Waals surface area contributed by atoms with Crippen LogP contribution in [0.5, 0.6) is 5.75 Å². The van der Waals surface area contributed by atoms with E-state index in [1.165, 1.54) is 6.20 Å². The van der Waals surface area contributed by atoms with Crippen LogP contribution in [0.2, 0.25) is 0 Å². The van der Waals surface area contributed by atoms with E-state index in [9.17, 15) is 14.7 Å². The van der Waals surface area contributed by atoms with Crippen molar-refractivity contribution >= 4 is 28.2 Å². The molecule has 3 heterocycles. The van der Waals surface area contributed by atoms with Crippen molar-refractivity contribution in [1.29, 1.82) is 0 Å². The molecule has 0 amide bonds. The number of aromatic carboxylic acids is 1. The van der Waals surface area contributed by atoms with Gasteiger partial charge in [-0.15, -0.1) is 0 Å². The van der Waals surface area contributed by atoms with Crippen LogP contribution in [-0.4, -0.2) is 33.8 Å². The molecular formula is C25H28N4O4. The highest BCUT2D eigenvalue weighted by Crippen LogP contribution is 2.50. The molecule has 2 aliphatic rings. The third-order valence-corrected chi connectivity index (χ3v) is 7.18. The molecule has 1 spiro atoms. The maximum absolute atomic E-state index is 13.2. The van der Waals surface area contributed by atoms with E-state index in [4.69, 9.17) is 10.5 Å². The lowest BCUT2D eigenvalue weighted by Gasteiger charge is -2.44. The zero-order chi connectivity index (χ0) is 23.2. The molecule has 0 radical (unpaired) electrons. The highest BCUT2D eigenvalue weighted by Gasteiger charge is 2.42. The summed E-state index contributed by atoms with van der Waals surface area (Å²) in [6.45, 7) is 3.03. The lowest BCUT2D eigenvalue weighted by atomic mass is 9.74. The standard InChI is InChI=1S/C25H28N4O4/c1-15-19(26)18-21-23(20(15)28-12-4-7-16-6-2-3-11-27-16)33-13-10-25(8-5-9-25)29(21)14-17(22(18)30)24(31)32/h2-3,6,11,14,28H,4-5,7-10,12-13,26H2,1H3,(H,31,32). The molecule has 1 fully saturated rings. The first kappa shape index (κ1) is 21.3. The van der Waals surface area contributed by atoms with E-state index < -0.39 is 11.4 Å². The topological polar surface area (TPSA) is 119 Å². The fraction of sp³-hybridized carbons (Fsp3) is 0.400. The first-order chi connectivity index (χ1) is 15.9. The number of aryl methyl sites for hydroxylation is 1. The van der Waals surface area contributed by atoms with Crippen molar-refractivity contribution in [2.45, 2.75) is 51.0 Å². The molecule has 0 bridgehead atoms. The van der Waals surface area contributed by atoms with Crippen molar-refractivity contribution in [2.24, 2.45) is 0 Å². The van der Waals surface area contributed by atoms with Crippen molar-refractivity contribution in [2.75, 3.05) is 24.2 Å². The number of ether oxygens (including phenoxy) is 1. The smallest absolute Gasteiger partial charge is 0.341 e. The number of nitrogens with one attached hydrogen (secondary N) is 1. The Morgan fingerprint density at radius 3 is 2.82 bits per heavy atom. The molecule has 1 aliphatic carbocycles. The summed E-state index contributed by atoms with van der Waals surface area (Å²) in [5.41, 5.74) is 8.87. The summed E-state index contributed by atoms with van der Waals surface area (Å²) in [5, 5.41) is 13.4. The fourth-order valence-corrected chi connectivity index (χ4v) is 5.15. The van der Waals surface area contributed by atoms with E-state index in [-0.39, 0.29) is 16.5 Å². The summed E-state index contributed by atoms with van der Waals surface area (Å²) in [5.74, 6) is -0.645. The van der Waals surface area contributed by atoms with E-state index in [0.717, 1.165) is 49.9 Å². The first-order valence-corrected chi connectivity index (χ1v) is 11.4. The maximum Gasteiger partial charge on any atom is 0.341 e. The molecule has 2 aromatic heterocycles. The molecule has 0 unspecified atom stereocenters. The number of fused-ring (bicyclic) bond motifs is 1. The summed E-state index contributed by atoms with van der Waals surface area (Å²) in [7, 11) is 0. The molecule has 8 nitrogen and oxygen atoms in total. The van der Waals surface area contributed by atoms with Gasteiger partial charge in [0.2, 0.25) is 5.43 Å². The molecular weight excluding hydrogens is 420 g/mol. The van der Waals surface area contributed by atoms with Crippen LogP contribution in [-0.2, 0) is 12.0 Å². The number of anilines is 2. The number of pyridine rings is 2.